The molecule has 1 aromatic carbocycles. The molecule has 4 heterocycles. The number of β-amino-alcohol motifs (C(OH)–C–C–N with tert-alkyl or cyclic N) is 2. The van der Waals surface area contributed by atoms with Crippen molar-refractivity contribution in [2.45, 2.75) is 43.9 Å². The first-order valence-corrected chi connectivity index (χ1v) is 12.7. The van der Waals surface area contributed by atoms with Crippen LogP contribution in [0.4, 0.5) is 0 Å². The van der Waals surface area contributed by atoms with Crippen molar-refractivity contribution in [3.63, 3.8) is 0 Å². The number of carbonyl (C=O) groups is 1. The second kappa shape index (κ2) is 9.37. The summed E-state index contributed by atoms with van der Waals surface area (Å²) in [7, 11) is 4.77. The SMILES string of the molecule is Cn1c(=O)c2c(ncn2[C@@H]2C[C@@H](O)CN(C(=O)CCc3nc4cc(Cl)ccc4n3C)C[C@@]2(C)O)n(C)c1=O. The Morgan fingerprint density at radius 1 is 1.18 bits per heavy atom. The number of carbonyl (C=O) groups excluding carboxylic acids is 1. The third-order valence-electron chi connectivity index (χ3n) is 7.51. The molecule has 0 unspecified atom stereocenters. The number of aliphatic hydroxyl groups is 2. The maximum atomic E-state index is 13.3. The number of hydrogen-bond acceptors (Lipinski definition) is 7. The van der Waals surface area contributed by atoms with Crippen LogP contribution in [0.3, 0.4) is 0 Å². The van der Waals surface area contributed by atoms with Gasteiger partial charge < -0.3 is 24.2 Å². The Balaban J connectivity index is 1.40. The van der Waals surface area contributed by atoms with E-state index >= 15 is 0 Å². The molecule has 1 aliphatic rings. The van der Waals surface area contributed by atoms with Gasteiger partial charge >= 0.3 is 5.69 Å². The minimum Gasteiger partial charge on any atom is -0.391 e. The van der Waals surface area contributed by atoms with Gasteiger partial charge in [-0.15, -0.1) is 0 Å². The first-order chi connectivity index (χ1) is 17.9. The molecule has 13 heteroatoms. The van der Waals surface area contributed by atoms with Crippen LogP contribution in [0.15, 0.2) is 34.1 Å². The van der Waals surface area contributed by atoms with Gasteiger partial charge in [-0.3, -0.25) is 18.7 Å². The Labute approximate surface area is 222 Å². The summed E-state index contributed by atoms with van der Waals surface area (Å²) in [5, 5.41) is 23.0. The van der Waals surface area contributed by atoms with E-state index in [0.717, 1.165) is 21.4 Å². The zero-order valence-corrected chi connectivity index (χ0v) is 22.4. The molecule has 1 saturated heterocycles. The molecule has 0 spiro atoms. The van der Waals surface area contributed by atoms with E-state index in [2.05, 4.69) is 9.97 Å². The van der Waals surface area contributed by atoms with E-state index in [4.69, 9.17) is 11.6 Å². The molecule has 0 radical (unpaired) electrons. The number of likely N-dealkylation sites (tertiary alicyclic amines) is 1. The van der Waals surface area contributed by atoms with Crippen molar-refractivity contribution in [1.82, 2.24) is 33.1 Å². The van der Waals surface area contributed by atoms with Crippen molar-refractivity contribution in [2.75, 3.05) is 13.1 Å². The zero-order valence-electron chi connectivity index (χ0n) is 21.6. The average molecular weight is 544 g/mol. The molecule has 12 nitrogen and oxygen atoms in total. The maximum Gasteiger partial charge on any atom is 0.332 e. The van der Waals surface area contributed by atoms with Gasteiger partial charge in [0.2, 0.25) is 5.91 Å². The number of halogens is 1. The minimum absolute atomic E-state index is 0.0345. The molecule has 3 aromatic heterocycles. The molecule has 3 atom stereocenters. The molecule has 1 fully saturated rings. The van der Waals surface area contributed by atoms with Crippen molar-refractivity contribution in [2.24, 2.45) is 21.1 Å². The van der Waals surface area contributed by atoms with Crippen LogP contribution in [0.2, 0.25) is 5.02 Å². The smallest absolute Gasteiger partial charge is 0.332 e. The molecule has 5 rings (SSSR count). The van der Waals surface area contributed by atoms with E-state index in [-0.39, 0.29) is 43.0 Å². The topological polar surface area (TPSA) is 140 Å². The van der Waals surface area contributed by atoms with Gasteiger partial charge in [0.1, 0.15) is 11.4 Å². The van der Waals surface area contributed by atoms with Gasteiger partial charge in [-0.25, -0.2) is 14.8 Å². The summed E-state index contributed by atoms with van der Waals surface area (Å²) in [4.78, 5) is 48.9. The average Bonchev–Trinajstić information content (AvgIpc) is 3.40. The molecular formula is C25H30ClN7O5. The van der Waals surface area contributed by atoms with Gasteiger partial charge in [0.15, 0.2) is 11.2 Å². The largest absolute Gasteiger partial charge is 0.391 e. The monoisotopic (exact) mass is 543 g/mol. The zero-order chi connectivity index (χ0) is 27.5. The third-order valence-corrected chi connectivity index (χ3v) is 7.75. The highest BCUT2D eigenvalue weighted by molar-refractivity contribution is 6.31. The quantitative estimate of drug-likeness (QED) is 0.382. The number of aliphatic hydroxyl groups excluding tert-OH is 1. The van der Waals surface area contributed by atoms with Crippen molar-refractivity contribution in [3.05, 3.63) is 56.2 Å². The molecule has 38 heavy (non-hydrogen) atoms. The molecule has 0 aliphatic carbocycles. The minimum atomic E-state index is -1.50. The van der Waals surface area contributed by atoms with Crippen molar-refractivity contribution in [1.29, 1.82) is 0 Å². The number of aromatic nitrogens is 6. The molecule has 1 aliphatic heterocycles. The molecule has 4 aromatic rings. The van der Waals surface area contributed by atoms with Crippen molar-refractivity contribution >= 4 is 39.7 Å². The van der Waals surface area contributed by atoms with Gasteiger partial charge in [-0.2, -0.15) is 0 Å². The van der Waals surface area contributed by atoms with E-state index in [0.29, 0.717) is 11.4 Å². The molecule has 0 saturated carbocycles. The Bertz CT molecular complexity index is 1680. The predicted octanol–water partition coefficient (Wildman–Crippen LogP) is 0.492. The van der Waals surface area contributed by atoms with E-state index in [1.54, 1.807) is 19.1 Å². The second-order valence-corrected chi connectivity index (χ2v) is 10.7. The lowest BCUT2D eigenvalue weighted by Gasteiger charge is -2.34. The highest BCUT2D eigenvalue weighted by atomic mass is 35.5. The van der Waals surface area contributed by atoms with Gasteiger partial charge in [0.25, 0.3) is 5.56 Å². The van der Waals surface area contributed by atoms with Crippen LogP contribution in [0, 0.1) is 0 Å². The van der Waals surface area contributed by atoms with Gasteiger partial charge in [-0.05, 0) is 31.5 Å². The summed E-state index contributed by atoms with van der Waals surface area (Å²) in [6.45, 7) is 1.55. The molecular weight excluding hydrogens is 514 g/mol. The number of hydrogen-bond donors (Lipinski definition) is 2. The first kappa shape index (κ1) is 26.1. The summed E-state index contributed by atoms with van der Waals surface area (Å²) in [6.07, 6.45) is 1.03. The number of fused-ring (bicyclic) bond motifs is 2. The summed E-state index contributed by atoms with van der Waals surface area (Å²) in [5.41, 5.74) is -0.584. The lowest BCUT2D eigenvalue weighted by molar-refractivity contribution is -0.135. The van der Waals surface area contributed by atoms with Crippen molar-refractivity contribution in [3.8, 4) is 0 Å². The molecule has 1 amide bonds. The van der Waals surface area contributed by atoms with Crippen LogP contribution in [0.5, 0.6) is 0 Å². The number of nitrogens with zero attached hydrogens (tertiary/aromatic N) is 7. The number of amides is 1. The lowest BCUT2D eigenvalue weighted by Crippen LogP contribution is -2.47. The standard InChI is InChI=1S/C25H30ClN7O5/c1-25(38)12-32(20(35)8-7-19-28-16-9-14(26)5-6-17(16)29(19)2)11-15(34)10-18(25)33-13-27-22-21(33)23(36)31(4)24(37)30(22)3/h5-6,9,13,15,18,34,38H,7-8,10-12H2,1-4H3/t15-,18-,25-/m1/s1. The van der Waals surface area contributed by atoms with E-state index in [1.807, 2.05) is 17.7 Å². The van der Waals surface area contributed by atoms with E-state index in [9.17, 15) is 24.6 Å². The second-order valence-electron chi connectivity index (χ2n) is 10.3. The van der Waals surface area contributed by atoms with E-state index in [1.165, 1.54) is 34.5 Å². The molecule has 0 bridgehead atoms. The van der Waals surface area contributed by atoms with Crippen LogP contribution < -0.4 is 11.2 Å². The van der Waals surface area contributed by atoms with Crippen LogP contribution in [-0.4, -0.2) is 74.1 Å². The number of rotatable bonds is 4. The fourth-order valence-electron chi connectivity index (χ4n) is 5.42. The third kappa shape index (κ3) is 4.32. The first-order valence-electron chi connectivity index (χ1n) is 12.3. The number of aryl methyl sites for hydroxylation is 3. The summed E-state index contributed by atoms with van der Waals surface area (Å²) >= 11 is 6.08. The highest BCUT2D eigenvalue weighted by Crippen LogP contribution is 2.33. The summed E-state index contributed by atoms with van der Waals surface area (Å²) < 4.78 is 5.67. The Hall–Kier alpha value is -3.48. The Kier molecular flexibility index (Phi) is 6.44. The van der Waals surface area contributed by atoms with Crippen LogP contribution in [0.1, 0.15) is 31.6 Å². The number of benzene rings is 1. The fraction of sp³-hybridized carbons (Fsp3) is 0.480. The van der Waals surface area contributed by atoms with E-state index < -0.39 is 29.0 Å². The predicted molar refractivity (Wildman–Crippen MR) is 141 cm³/mol. The van der Waals surface area contributed by atoms with Gasteiger partial charge in [0.05, 0.1) is 36.1 Å². The Morgan fingerprint density at radius 2 is 1.92 bits per heavy atom. The Morgan fingerprint density at radius 3 is 2.66 bits per heavy atom. The van der Waals surface area contributed by atoms with Crippen LogP contribution in [0.25, 0.3) is 22.2 Å². The summed E-state index contributed by atoms with van der Waals surface area (Å²) in [5.74, 6) is 0.492. The van der Waals surface area contributed by atoms with Crippen LogP contribution >= 0.6 is 11.6 Å². The van der Waals surface area contributed by atoms with Crippen LogP contribution in [-0.2, 0) is 32.4 Å². The lowest BCUT2D eigenvalue weighted by atomic mass is 9.92. The maximum absolute atomic E-state index is 13.3. The number of imidazole rings is 2. The van der Waals surface area contributed by atoms with Crippen molar-refractivity contribution < 1.29 is 15.0 Å². The fourth-order valence-corrected chi connectivity index (χ4v) is 5.59. The molecule has 2 N–H and O–H groups in total. The van der Waals surface area contributed by atoms with Gasteiger partial charge in [-0.1, -0.05) is 11.6 Å². The van der Waals surface area contributed by atoms with Gasteiger partial charge in [0, 0.05) is 45.6 Å². The summed E-state index contributed by atoms with van der Waals surface area (Å²) in [6, 6.07) is 4.67. The normalized spacial score (nSPS) is 22.3. The highest BCUT2D eigenvalue weighted by Gasteiger charge is 2.42. The molecule has 202 valence electrons.